The molecule has 0 bridgehead atoms. The van der Waals surface area contributed by atoms with E-state index < -0.39 is 0 Å². The van der Waals surface area contributed by atoms with Crippen LogP contribution >= 0.6 is 39.5 Å². The molecule has 2 aromatic carbocycles. The van der Waals surface area contributed by atoms with E-state index in [0.717, 1.165) is 15.8 Å². The van der Waals surface area contributed by atoms with Crippen LogP contribution in [0.25, 0.3) is 0 Å². The largest absolute Gasteiger partial charge is 0.490 e. The summed E-state index contributed by atoms with van der Waals surface area (Å²) in [6.45, 7) is 3.86. The van der Waals surface area contributed by atoms with Crippen LogP contribution in [0.5, 0.6) is 11.5 Å². The predicted octanol–water partition coefficient (Wildman–Crippen LogP) is 5.24. The zero-order valence-electron chi connectivity index (χ0n) is 16.3. The van der Waals surface area contributed by atoms with Gasteiger partial charge in [0.25, 0.3) is 5.91 Å². The summed E-state index contributed by atoms with van der Waals surface area (Å²) in [5.41, 5.74) is 4.60. The second-order valence-corrected chi connectivity index (χ2v) is 10.2. The van der Waals surface area contributed by atoms with Gasteiger partial charge in [-0.3, -0.25) is 4.79 Å². The first kappa shape index (κ1) is 22.1. The molecular formula is C21H23BrN2O3S2. The molecule has 1 aliphatic rings. The highest BCUT2D eigenvalue weighted by Crippen LogP contribution is 2.45. The van der Waals surface area contributed by atoms with Crippen LogP contribution in [0.1, 0.15) is 29.6 Å². The number of nitrogens with one attached hydrogen (secondary N) is 1. The molecule has 0 unspecified atom stereocenters. The molecule has 0 radical (unpaired) electrons. The quantitative estimate of drug-likeness (QED) is 0.401. The van der Waals surface area contributed by atoms with Crippen LogP contribution in [0.15, 0.2) is 52.0 Å². The Morgan fingerprint density at radius 2 is 1.97 bits per heavy atom. The number of benzene rings is 2. The van der Waals surface area contributed by atoms with Gasteiger partial charge in [-0.25, -0.2) is 5.43 Å². The third kappa shape index (κ3) is 6.97. The number of hydrogen-bond donors (Lipinski definition) is 1. The number of amides is 1. The molecule has 154 valence electrons. The smallest absolute Gasteiger partial charge is 0.277 e. The van der Waals surface area contributed by atoms with E-state index >= 15 is 0 Å². The van der Waals surface area contributed by atoms with Gasteiger partial charge < -0.3 is 9.47 Å². The highest BCUT2D eigenvalue weighted by molar-refractivity contribution is 9.10. The number of thioether (sulfide) groups is 2. The van der Waals surface area contributed by atoms with Gasteiger partial charge in [-0.15, -0.1) is 23.5 Å². The summed E-state index contributed by atoms with van der Waals surface area (Å²) in [5.74, 6) is 3.52. The van der Waals surface area contributed by atoms with E-state index in [0.29, 0.717) is 10.3 Å². The van der Waals surface area contributed by atoms with E-state index in [2.05, 4.69) is 38.6 Å². The van der Waals surface area contributed by atoms with E-state index in [1.54, 1.807) is 6.21 Å². The zero-order chi connectivity index (χ0) is 20.6. The van der Waals surface area contributed by atoms with Crippen molar-refractivity contribution in [1.82, 2.24) is 5.43 Å². The molecule has 3 rings (SSSR count). The number of rotatable bonds is 8. The van der Waals surface area contributed by atoms with E-state index in [9.17, 15) is 4.79 Å². The van der Waals surface area contributed by atoms with Gasteiger partial charge in [0.1, 0.15) is 11.5 Å². The lowest BCUT2D eigenvalue weighted by molar-refractivity contribution is -0.123. The van der Waals surface area contributed by atoms with Crippen molar-refractivity contribution < 1.29 is 14.3 Å². The Morgan fingerprint density at radius 3 is 2.62 bits per heavy atom. The van der Waals surface area contributed by atoms with Crippen molar-refractivity contribution >= 4 is 51.6 Å². The first-order chi connectivity index (χ1) is 14.0. The Kier molecular flexibility index (Phi) is 8.32. The van der Waals surface area contributed by atoms with Crippen molar-refractivity contribution in [2.24, 2.45) is 5.10 Å². The molecule has 2 aromatic rings. The lowest BCUT2D eigenvalue weighted by atomic mass is 10.2. The second-order valence-electron chi connectivity index (χ2n) is 6.58. The van der Waals surface area contributed by atoms with Gasteiger partial charge in [-0.05, 0) is 71.2 Å². The summed E-state index contributed by atoms with van der Waals surface area (Å²) in [5, 5.41) is 3.98. The zero-order valence-corrected chi connectivity index (χ0v) is 19.5. The second kappa shape index (κ2) is 10.9. The minimum Gasteiger partial charge on any atom is -0.490 e. The summed E-state index contributed by atoms with van der Waals surface area (Å²) in [6, 6.07) is 13.6. The number of ether oxygens (including phenoxy) is 2. The Bertz CT molecular complexity index is 854. The lowest BCUT2D eigenvalue weighted by Crippen LogP contribution is -2.24. The van der Waals surface area contributed by atoms with Crippen LogP contribution in [0, 0.1) is 0 Å². The van der Waals surface area contributed by atoms with E-state index in [-0.39, 0.29) is 18.6 Å². The predicted molar refractivity (Wildman–Crippen MR) is 125 cm³/mol. The SMILES string of the molecule is CC(C)Oc1ccc(/C=N\NC(=O)COc2ccc(C3SCCS3)cc2)cc1Br. The molecule has 29 heavy (non-hydrogen) atoms. The third-order valence-electron chi connectivity index (χ3n) is 3.87. The van der Waals surface area contributed by atoms with Gasteiger partial charge in [0.2, 0.25) is 0 Å². The van der Waals surface area contributed by atoms with Gasteiger partial charge in [0.15, 0.2) is 6.61 Å². The Labute approximate surface area is 188 Å². The number of nitrogens with zero attached hydrogens (tertiary/aromatic N) is 1. The average Bonchev–Trinajstić information content (AvgIpc) is 3.23. The highest BCUT2D eigenvalue weighted by Gasteiger charge is 2.18. The molecule has 8 heteroatoms. The summed E-state index contributed by atoms with van der Waals surface area (Å²) < 4.78 is 12.6. The van der Waals surface area contributed by atoms with Crippen molar-refractivity contribution in [3.63, 3.8) is 0 Å². The summed E-state index contributed by atoms with van der Waals surface area (Å²) >= 11 is 7.40. The van der Waals surface area contributed by atoms with Gasteiger partial charge in [-0.1, -0.05) is 12.1 Å². The molecule has 1 aliphatic heterocycles. The Hall–Kier alpha value is -1.64. The van der Waals surface area contributed by atoms with E-state index in [4.69, 9.17) is 9.47 Å². The Morgan fingerprint density at radius 1 is 1.24 bits per heavy atom. The highest BCUT2D eigenvalue weighted by atomic mass is 79.9. The van der Waals surface area contributed by atoms with Gasteiger partial charge in [-0.2, -0.15) is 5.10 Å². The van der Waals surface area contributed by atoms with Crippen molar-refractivity contribution in [1.29, 1.82) is 0 Å². The minimum absolute atomic E-state index is 0.0888. The van der Waals surface area contributed by atoms with Crippen LogP contribution in [0.3, 0.4) is 0 Å². The first-order valence-corrected chi connectivity index (χ1v) is 12.1. The minimum atomic E-state index is -0.314. The summed E-state index contributed by atoms with van der Waals surface area (Å²) in [4.78, 5) is 11.9. The number of halogens is 1. The maximum Gasteiger partial charge on any atom is 0.277 e. The normalized spacial score (nSPS) is 14.5. The number of carbonyl (C=O) groups excluding carboxylic acids is 1. The molecule has 0 atom stereocenters. The van der Waals surface area contributed by atoms with Crippen LogP contribution in [0.4, 0.5) is 0 Å². The third-order valence-corrected chi connectivity index (χ3v) is 7.59. The molecule has 0 saturated carbocycles. The van der Waals surface area contributed by atoms with Crippen LogP contribution in [0.2, 0.25) is 0 Å². The summed E-state index contributed by atoms with van der Waals surface area (Å²) in [6.07, 6.45) is 1.68. The maximum absolute atomic E-state index is 11.9. The fourth-order valence-electron chi connectivity index (χ4n) is 2.58. The molecule has 0 aromatic heterocycles. The van der Waals surface area contributed by atoms with Crippen molar-refractivity contribution in [3.05, 3.63) is 58.1 Å². The molecule has 1 N–H and O–H groups in total. The van der Waals surface area contributed by atoms with Crippen molar-refractivity contribution in [2.45, 2.75) is 24.5 Å². The monoisotopic (exact) mass is 494 g/mol. The lowest BCUT2D eigenvalue weighted by Gasteiger charge is -2.11. The van der Waals surface area contributed by atoms with Gasteiger partial charge in [0.05, 0.1) is 21.4 Å². The molecule has 0 spiro atoms. The number of carbonyl (C=O) groups is 1. The van der Waals surface area contributed by atoms with Crippen LogP contribution in [-0.2, 0) is 4.79 Å². The molecular weight excluding hydrogens is 472 g/mol. The topological polar surface area (TPSA) is 59.9 Å². The molecule has 1 heterocycles. The van der Waals surface area contributed by atoms with Gasteiger partial charge >= 0.3 is 0 Å². The maximum atomic E-state index is 11.9. The van der Waals surface area contributed by atoms with E-state index in [1.807, 2.05) is 67.7 Å². The molecule has 5 nitrogen and oxygen atoms in total. The average molecular weight is 495 g/mol. The molecule has 1 amide bonds. The number of hydrazone groups is 1. The van der Waals surface area contributed by atoms with Crippen LogP contribution in [-0.4, -0.2) is 36.3 Å². The fraction of sp³-hybridized carbons (Fsp3) is 0.333. The number of hydrogen-bond acceptors (Lipinski definition) is 6. The molecule has 1 fully saturated rings. The molecule has 1 saturated heterocycles. The molecule has 0 aliphatic carbocycles. The summed E-state index contributed by atoms with van der Waals surface area (Å²) in [7, 11) is 0. The van der Waals surface area contributed by atoms with Crippen molar-refractivity contribution in [2.75, 3.05) is 18.1 Å². The fourth-order valence-corrected chi connectivity index (χ4v) is 5.93. The van der Waals surface area contributed by atoms with Crippen LogP contribution < -0.4 is 14.9 Å². The first-order valence-electron chi connectivity index (χ1n) is 9.25. The van der Waals surface area contributed by atoms with E-state index in [1.165, 1.54) is 17.1 Å². The van der Waals surface area contributed by atoms with Gasteiger partial charge in [0, 0.05) is 11.5 Å². The van der Waals surface area contributed by atoms with Crippen molar-refractivity contribution in [3.8, 4) is 11.5 Å². The Balaban J connectivity index is 1.44. The standard InChI is InChI=1S/C21H23BrN2O3S2/c1-14(2)27-19-8-3-15(11-18(19)22)12-23-24-20(25)13-26-17-6-4-16(5-7-17)21-28-9-10-29-21/h3-8,11-12,14,21H,9-10,13H2,1-2H3,(H,24,25)/b23-12-.